The summed E-state index contributed by atoms with van der Waals surface area (Å²) in [5.74, 6) is -0.881. The second-order valence-corrected chi connectivity index (χ2v) is 4.66. The van der Waals surface area contributed by atoms with Gasteiger partial charge in [-0.25, -0.2) is 4.79 Å². The van der Waals surface area contributed by atoms with Crippen LogP contribution in [0.25, 0.3) is 0 Å². The van der Waals surface area contributed by atoms with Gasteiger partial charge in [-0.05, 0) is 36.2 Å². The predicted octanol–water partition coefficient (Wildman–Crippen LogP) is 3.33. The van der Waals surface area contributed by atoms with Crippen molar-refractivity contribution in [3.8, 4) is 0 Å². The third-order valence-electron chi connectivity index (χ3n) is 3.10. The third-order valence-corrected chi connectivity index (χ3v) is 3.10. The van der Waals surface area contributed by atoms with Gasteiger partial charge in [0.1, 0.15) is 0 Å². The van der Waals surface area contributed by atoms with E-state index >= 15 is 0 Å². The van der Waals surface area contributed by atoms with E-state index < -0.39 is 5.97 Å². The van der Waals surface area contributed by atoms with Crippen LogP contribution in [0.1, 0.15) is 21.5 Å². The first-order chi connectivity index (χ1) is 9.08. The minimum Gasteiger partial charge on any atom is -0.478 e. The van der Waals surface area contributed by atoms with E-state index in [0.717, 1.165) is 11.3 Å². The zero-order valence-corrected chi connectivity index (χ0v) is 11.1. The first-order valence-electron chi connectivity index (χ1n) is 6.17. The minimum absolute atomic E-state index is 0.363. The first kappa shape index (κ1) is 13.1. The highest BCUT2D eigenvalue weighted by Gasteiger charge is 2.11. The van der Waals surface area contributed by atoms with Gasteiger partial charge in [0.05, 0.1) is 5.56 Å². The quantitative estimate of drug-likeness (QED) is 0.911. The molecule has 0 aliphatic heterocycles. The number of aromatic carboxylic acids is 1. The van der Waals surface area contributed by atoms with Crippen molar-refractivity contribution in [2.45, 2.75) is 13.5 Å². The molecule has 0 amide bonds. The molecule has 3 nitrogen and oxygen atoms in total. The molecule has 3 heteroatoms. The zero-order valence-electron chi connectivity index (χ0n) is 11.1. The summed E-state index contributed by atoms with van der Waals surface area (Å²) in [7, 11) is 1.97. The summed E-state index contributed by atoms with van der Waals surface area (Å²) in [4.78, 5) is 13.2. The summed E-state index contributed by atoms with van der Waals surface area (Å²) >= 11 is 0. The molecule has 0 aliphatic carbocycles. The number of benzene rings is 2. The topological polar surface area (TPSA) is 40.5 Å². The van der Waals surface area contributed by atoms with Gasteiger partial charge in [0, 0.05) is 19.3 Å². The van der Waals surface area contributed by atoms with Crippen molar-refractivity contribution < 1.29 is 9.90 Å². The van der Waals surface area contributed by atoms with Crippen LogP contribution in [0, 0.1) is 6.92 Å². The molecular weight excluding hydrogens is 238 g/mol. The summed E-state index contributed by atoms with van der Waals surface area (Å²) in [5, 5.41) is 9.17. The lowest BCUT2D eigenvalue weighted by Crippen LogP contribution is -2.18. The fourth-order valence-corrected chi connectivity index (χ4v) is 2.08. The van der Waals surface area contributed by atoms with E-state index in [1.165, 1.54) is 5.56 Å². The molecule has 0 saturated heterocycles. The molecule has 2 aromatic carbocycles. The van der Waals surface area contributed by atoms with Gasteiger partial charge in [-0.1, -0.05) is 30.3 Å². The summed E-state index contributed by atoms with van der Waals surface area (Å²) < 4.78 is 0. The Bertz CT molecular complexity index is 593. The van der Waals surface area contributed by atoms with Crippen LogP contribution in [0.3, 0.4) is 0 Å². The molecule has 0 aliphatic rings. The molecule has 2 aromatic rings. The SMILES string of the molecule is Cc1cccc(N(C)Cc2ccccc2C(=O)O)c1. The van der Waals surface area contributed by atoms with Gasteiger partial charge in [-0.15, -0.1) is 0 Å². The summed E-state index contributed by atoms with van der Waals surface area (Å²) in [5.41, 5.74) is 3.46. The first-order valence-corrected chi connectivity index (χ1v) is 6.17. The molecule has 0 spiro atoms. The van der Waals surface area contributed by atoms with Gasteiger partial charge in [0.15, 0.2) is 0 Å². The highest BCUT2D eigenvalue weighted by Crippen LogP contribution is 2.18. The highest BCUT2D eigenvalue weighted by molar-refractivity contribution is 5.89. The van der Waals surface area contributed by atoms with Crippen LogP contribution in [0.2, 0.25) is 0 Å². The van der Waals surface area contributed by atoms with Gasteiger partial charge in [0.25, 0.3) is 0 Å². The van der Waals surface area contributed by atoms with Crippen LogP contribution in [0.15, 0.2) is 48.5 Å². The van der Waals surface area contributed by atoms with Gasteiger partial charge in [-0.2, -0.15) is 0 Å². The fourth-order valence-electron chi connectivity index (χ4n) is 2.08. The van der Waals surface area contributed by atoms with Crippen LogP contribution in [0.5, 0.6) is 0 Å². The Morgan fingerprint density at radius 1 is 1.16 bits per heavy atom. The van der Waals surface area contributed by atoms with Crippen molar-refractivity contribution in [3.05, 3.63) is 65.2 Å². The van der Waals surface area contributed by atoms with Crippen LogP contribution in [0.4, 0.5) is 5.69 Å². The number of hydrogen-bond donors (Lipinski definition) is 1. The standard InChI is InChI=1S/C16H17NO2/c1-12-6-5-8-14(10-12)17(2)11-13-7-3-4-9-15(13)16(18)19/h3-10H,11H2,1-2H3,(H,18,19). The number of hydrogen-bond acceptors (Lipinski definition) is 2. The number of aryl methyl sites for hydroxylation is 1. The van der Waals surface area contributed by atoms with E-state index in [-0.39, 0.29) is 0 Å². The molecule has 0 heterocycles. The molecular formula is C16H17NO2. The average Bonchev–Trinajstić information content (AvgIpc) is 2.39. The summed E-state index contributed by atoms with van der Waals surface area (Å²) in [6.07, 6.45) is 0. The largest absolute Gasteiger partial charge is 0.478 e. The van der Waals surface area contributed by atoms with Crippen molar-refractivity contribution >= 4 is 11.7 Å². The monoisotopic (exact) mass is 255 g/mol. The Hall–Kier alpha value is -2.29. The number of carboxylic acid groups (broad SMARTS) is 1. The zero-order chi connectivity index (χ0) is 13.8. The maximum atomic E-state index is 11.2. The number of carbonyl (C=O) groups is 1. The number of rotatable bonds is 4. The van der Waals surface area contributed by atoms with E-state index in [4.69, 9.17) is 0 Å². The molecule has 0 unspecified atom stereocenters. The second kappa shape index (κ2) is 5.57. The maximum absolute atomic E-state index is 11.2. The van der Waals surface area contributed by atoms with E-state index in [0.29, 0.717) is 12.1 Å². The molecule has 98 valence electrons. The lowest BCUT2D eigenvalue weighted by Gasteiger charge is -2.20. The van der Waals surface area contributed by atoms with Crippen molar-refractivity contribution in [2.75, 3.05) is 11.9 Å². The summed E-state index contributed by atoms with van der Waals surface area (Å²) in [6, 6.07) is 15.3. The number of anilines is 1. The van der Waals surface area contributed by atoms with Crippen LogP contribution >= 0.6 is 0 Å². The molecule has 0 fully saturated rings. The van der Waals surface area contributed by atoms with Crippen molar-refractivity contribution in [2.24, 2.45) is 0 Å². The molecule has 0 aromatic heterocycles. The summed E-state index contributed by atoms with van der Waals surface area (Å²) in [6.45, 7) is 2.62. The highest BCUT2D eigenvalue weighted by atomic mass is 16.4. The van der Waals surface area contributed by atoms with Gasteiger partial charge in [0.2, 0.25) is 0 Å². The number of carboxylic acids is 1. The maximum Gasteiger partial charge on any atom is 0.336 e. The normalized spacial score (nSPS) is 10.2. The molecule has 19 heavy (non-hydrogen) atoms. The molecule has 0 radical (unpaired) electrons. The smallest absolute Gasteiger partial charge is 0.336 e. The van der Waals surface area contributed by atoms with Crippen molar-refractivity contribution in [1.29, 1.82) is 0 Å². The molecule has 2 rings (SSSR count). The Morgan fingerprint density at radius 2 is 1.89 bits per heavy atom. The lowest BCUT2D eigenvalue weighted by molar-refractivity contribution is 0.0695. The molecule has 0 bridgehead atoms. The Labute approximate surface area is 113 Å². The van der Waals surface area contributed by atoms with E-state index in [9.17, 15) is 9.90 Å². The van der Waals surface area contributed by atoms with E-state index in [1.54, 1.807) is 12.1 Å². The molecule has 1 N–H and O–H groups in total. The number of nitrogens with zero attached hydrogens (tertiary/aromatic N) is 1. The fraction of sp³-hybridized carbons (Fsp3) is 0.188. The second-order valence-electron chi connectivity index (χ2n) is 4.66. The van der Waals surface area contributed by atoms with Crippen molar-refractivity contribution in [3.63, 3.8) is 0 Å². The minimum atomic E-state index is -0.881. The van der Waals surface area contributed by atoms with Gasteiger partial charge < -0.3 is 10.0 Å². The van der Waals surface area contributed by atoms with E-state index in [2.05, 4.69) is 11.0 Å². The molecule has 0 atom stereocenters. The van der Waals surface area contributed by atoms with Gasteiger partial charge >= 0.3 is 5.97 Å². The average molecular weight is 255 g/mol. The van der Waals surface area contributed by atoms with E-state index in [1.807, 2.05) is 44.3 Å². The van der Waals surface area contributed by atoms with Crippen LogP contribution < -0.4 is 4.90 Å². The van der Waals surface area contributed by atoms with Crippen LogP contribution in [-0.2, 0) is 6.54 Å². The van der Waals surface area contributed by atoms with Crippen molar-refractivity contribution in [1.82, 2.24) is 0 Å². The van der Waals surface area contributed by atoms with Crippen LogP contribution in [-0.4, -0.2) is 18.1 Å². The predicted molar refractivity (Wildman–Crippen MR) is 76.7 cm³/mol. The van der Waals surface area contributed by atoms with Gasteiger partial charge in [-0.3, -0.25) is 0 Å². The molecule has 0 saturated carbocycles. The Kier molecular flexibility index (Phi) is 3.85. The third kappa shape index (κ3) is 3.13. The lowest BCUT2D eigenvalue weighted by atomic mass is 10.1. The Balaban J connectivity index is 2.24. The Morgan fingerprint density at radius 3 is 2.58 bits per heavy atom.